The second kappa shape index (κ2) is 7.26. The van der Waals surface area contributed by atoms with Crippen molar-refractivity contribution >= 4 is 21.9 Å². The Labute approximate surface area is 171 Å². The number of ether oxygens (including phenoxy) is 1. The largest absolute Gasteiger partial charge is 0.478 e. The van der Waals surface area contributed by atoms with Crippen LogP contribution in [0.4, 0.5) is 0 Å². The molecule has 0 N–H and O–H groups in total. The average molecular weight is 393 g/mol. The first-order chi connectivity index (χ1) is 14.7. The van der Waals surface area contributed by atoms with E-state index >= 15 is 0 Å². The summed E-state index contributed by atoms with van der Waals surface area (Å²) in [4.78, 5) is 12.3. The number of hydrogen-bond donors (Lipinski definition) is 0. The van der Waals surface area contributed by atoms with Crippen LogP contribution in [0.3, 0.4) is 0 Å². The predicted molar refractivity (Wildman–Crippen MR) is 114 cm³/mol. The number of benzene rings is 3. The molecule has 0 fully saturated rings. The molecule has 0 amide bonds. The molecule has 2 heterocycles. The minimum absolute atomic E-state index is 0.0951. The number of rotatable bonds is 4. The van der Waals surface area contributed by atoms with Crippen molar-refractivity contribution in [3.05, 3.63) is 89.3 Å². The Hall–Kier alpha value is -4.30. The van der Waals surface area contributed by atoms with Crippen LogP contribution in [0.15, 0.2) is 92.5 Å². The Bertz CT molecular complexity index is 1440. The van der Waals surface area contributed by atoms with Crippen LogP contribution in [0.2, 0.25) is 0 Å². The Morgan fingerprint density at radius 3 is 2.43 bits per heavy atom. The third-order valence-corrected chi connectivity index (χ3v) is 4.91. The molecule has 0 saturated heterocycles. The molecule has 5 nitrogen and oxygen atoms in total. The van der Waals surface area contributed by atoms with Gasteiger partial charge in [0.2, 0.25) is 0 Å². The zero-order valence-corrected chi connectivity index (χ0v) is 15.8. The Morgan fingerprint density at radius 1 is 0.833 bits per heavy atom. The van der Waals surface area contributed by atoms with Crippen molar-refractivity contribution < 1.29 is 13.6 Å². The maximum Gasteiger partial charge on any atom is 0.336 e. The van der Waals surface area contributed by atoms with Crippen molar-refractivity contribution in [2.24, 2.45) is 0 Å². The van der Waals surface area contributed by atoms with Gasteiger partial charge < -0.3 is 13.6 Å². The van der Waals surface area contributed by atoms with Crippen molar-refractivity contribution in [1.82, 2.24) is 0 Å². The van der Waals surface area contributed by atoms with Crippen LogP contribution in [-0.4, -0.2) is 6.61 Å². The zero-order valence-electron chi connectivity index (χ0n) is 15.8. The highest BCUT2D eigenvalue weighted by molar-refractivity contribution is 5.98. The quantitative estimate of drug-likeness (QED) is 0.362. The highest BCUT2D eigenvalue weighted by Gasteiger charge is 2.17. The van der Waals surface area contributed by atoms with Gasteiger partial charge in [-0.2, -0.15) is 5.26 Å². The highest BCUT2D eigenvalue weighted by atomic mass is 16.5. The second-order valence-corrected chi connectivity index (χ2v) is 6.78. The lowest BCUT2D eigenvalue weighted by atomic mass is 10.00. The summed E-state index contributed by atoms with van der Waals surface area (Å²) in [5.41, 5.74) is 2.92. The molecule has 0 aliphatic rings. The molecule has 30 heavy (non-hydrogen) atoms. The Morgan fingerprint density at radius 2 is 1.63 bits per heavy atom. The van der Waals surface area contributed by atoms with Gasteiger partial charge in [0.05, 0.1) is 0 Å². The summed E-state index contributed by atoms with van der Waals surface area (Å²) >= 11 is 0. The van der Waals surface area contributed by atoms with E-state index in [2.05, 4.69) is 0 Å². The maximum absolute atomic E-state index is 12.3. The molecule has 0 bridgehead atoms. The number of furan rings is 1. The van der Waals surface area contributed by atoms with Crippen LogP contribution in [0.25, 0.3) is 44.4 Å². The van der Waals surface area contributed by atoms with Crippen molar-refractivity contribution in [2.45, 2.75) is 0 Å². The minimum Gasteiger partial charge on any atom is -0.478 e. The van der Waals surface area contributed by atoms with E-state index < -0.39 is 5.63 Å². The van der Waals surface area contributed by atoms with E-state index in [1.807, 2.05) is 66.7 Å². The molecule has 3 aromatic carbocycles. The maximum atomic E-state index is 12.3. The third kappa shape index (κ3) is 3.11. The van der Waals surface area contributed by atoms with Crippen molar-refractivity contribution in [2.75, 3.05) is 6.61 Å². The van der Waals surface area contributed by atoms with Crippen LogP contribution >= 0.6 is 0 Å². The minimum atomic E-state index is -0.470. The van der Waals surface area contributed by atoms with E-state index in [1.54, 1.807) is 12.1 Å². The van der Waals surface area contributed by atoms with Gasteiger partial charge in [-0.05, 0) is 29.8 Å². The molecule has 0 unspecified atom stereocenters. The first-order valence-electron chi connectivity index (χ1n) is 9.39. The van der Waals surface area contributed by atoms with Crippen LogP contribution in [0, 0.1) is 11.3 Å². The van der Waals surface area contributed by atoms with E-state index in [1.165, 1.54) is 6.07 Å². The fourth-order valence-electron chi connectivity index (χ4n) is 3.58. The Balaban J connectivity index is 1.78. The molecule has 0 saturated carbocycles. The van der Waals surface area contributed by atoms with E-state index in [9.17, 15) is 4.79 Å². The van der Waals surface area contributed by atoms with Crippen molar-refractivity contribution in [3.63, 3.8) is 0 Å². The van der Waals surface area contributed by atoms with Gasteiger partial charge in [-0.3, -0.25) is 0 Å². The lowest BCUT2D eigenvalue weighted by molar-refractivity contribution is 0.370. The number of para-hydroxylation sites is 1. The SMILES string of the molecule is N#CCOc1cc2c(-c3cc4ccccc4o3)cc(=O)oc2cc1-c1ccccc1. The molecule has 0 spiro atoms. The smallest absolute Gasteiger partial charge is 0.336 e. The third-order valence-electron chi connectivity index (χ3n) is 4.91. The lowest BCUT2D eigenvalue weighted by Gasteiger charge is -2.12. The van der Waals surface area contributed by atoms with Gasteiger partial charge in [-0.25, -0.2) is 4.79 Å². The van der Waals surface area contributed by atoms with Crippen LogP contribution in [0.5, 0.6) is 5.75 Å². The van der Waals surface area contributed by atoms with Crippen LogP contribution in [-0.2, 0) is 0 Å². The molecule has 5 heteroatoms. The van der Waals surface area contributed by atoms with Crippen molar-refractivity contribution in [1.29, 1.82) is 5.26 Å². The number of fused-ring (bicyclic) bond motifs is 2. The second-order valence-electron chi connectivity index (χ2n) is 6.78. The fourth-order valence-corrected chi connectivity index (χ4v) is 3.58. The monoisotopic (exact) mass is 393 g/mol. The van der Waals surface area contributed by atoms with Gasteiger partial charge in [0.25, 0.3) is 0 Å². The zero-order chi connectivity index (χ0) is 20.5. The first kappa shape index (κ1) is 17.8. The fraction of sp³-hybridized carbons (Fsp3) is 0.0400. The van der Waals surface area contributed by atoms with Crippen LogP contribution < -0.4 is 10.4 Å². The normalized spacial score (nSPS) is 10.9. The van der Waals surface area contributed by atoms with E-state index in [0.29, 0.717) is 28.0 Å². The summed E-state index contributed by atoms with van der Waals surface area (Å²) in [7, 11) is 0. The predicted octanol–water partition coefficient (Wildman–Crippen LogP) is 5.78. The highest BCUT2D eigenvalue weighted by Crippen LogP contribution is 2.38. The van der Waals surface area contributed by atoms with Gasteiger partial charge >= 0.3 is 5.63 Å². The topological polar surface area (TPSA) is 76.4 Å². The summed E-state index contributed by atoms with van der Waals surface area (Å²) in [6, 6.07) is 26.1. The summed E-state index contributed by atoms with van der Waals surface area (Å²) in [6.45, 7) is -0.0951. The molecular formula is C25H15NO4. The van der Waals surface area contributed by atoms with Gasteiger partial charge in [0.1, 0.15) is 28.7 Å². The average Bonchev–Trinajstić information content (AvgIpc) is 3.21. The molecule has 0 aliphatic carbocycles. The van der Waals surface area contributed by atoms with E-state index in [4.69, 9.17) is 18.8 Å². The van der Waals surface area contributed by atoms with Crippen LogP contribution in [0.1, 0.15) is 0 Å². The number of nitriles is 1. The van der Waals surface area contributed by atoms with E-state index in [0.717, 1.165) is 22.1 Å². The lowest BCUT2D eigenvalue weighted by Crippen LogP contribution is -2.00. The Kier molecular flexibility index (Phi) is 4.30. The molecule has 5 aromatic rings. The van der Waals surface area contributed by atoms with Crippen molar-refractivity contribution in [3.8, 4) is 34.3 Å². The first-order valence-corrected chi connectivity index (χ1v) is 9.39. The van der Waals surface area contributed by atoms with Gasteiger partial charge in [0.15, 0.2) is 6.61 Å². The van der Waals surface area contributed by atoms with Gasteiger partial charge in [0, 0.05) is 28.0 Å². The summed E-state index contributed by atoms with van der Waals surface area (Å²) in [5, 5.41) is 10.6. The molecule has 0 atom stereocenters. The van der Waals surface area contributed by atoms with Gasteiger partial charge in [-0.1, -0.05) is 48.5 Å². The standard InChI is InChI=1S/C25H15NO4/c26-10-11-28-22-14-19-20(23-12-17-8-4-5-9-21(17)29-23)15-25(27)30-24(19)13-18(22)16-6-2-1-3-7-16/h1-9,12-15H,11H2. The van der Waals surface area contributed by atoms with E-state index in [-0.39, 0.29) is 6.61 Å². The van der Waals surface area contributed by atoms with Gasteiger partial charge in [-0.15, -0.1) is 0 Å². The molecule has 2 aromatic heterocycles. The molecule has 144 valence electrons. The number of nitrogens with zero attached hydrogens (tertiary/aromatic N) is 1. The summed E-state index contributed by atoms with van der Waals surface area (Å²) in [6.07, 6.45) is 0. The molecule has 5 rings (SSSR count). The summed E-state index contributed by atoms with van der Waals surface area (Å²) < 4.78 is 17.2. The molecular weight excluding hydrogens is 378 g/mol. The number of hydrogen-bond acceptors (Lipinski definition) is 5. The summed E-state index contributed by atoms with van der Waals surface area (Å²) in [5.74, 6) is 1.09. The molecule has 0 radical (unpaired) electrons. The molecule has 0 aliphatic heterocycles.